The Balaban J connectivity index is 1.68. The average Bonchev–Trinajstić information content (AvgIpc) is 3.48. The van der Waals surface area contributed by atoms with Crippen molar-refractivity contribution in [3.63, 3.8) is 0 Å². The van der Waals surface area contributed by atoms with E-state index in [1.165, 1.54) is 36.9 Å². The van der Waals surface area contributed by atoms with Gasteiger partial charge in [-0.1, -0.05) is 0 Å². The summed E-state index contributed by atoms with van der Waals surface area (Å²) in [5, 5.41) is 15.9. The molecule has 174 valence electrons. The van der Waals surface area contributed by atoms with Crippen molar-refractivity contribution in [3.05, 3.63) is 60.7 Å². The van der Waals surface area contributed by atoms with Gasteiger partial charge in [0, 0.05) is 28.9 Å². The summed E-state index contributed by atoms with van der Waals surface area (Å²) in [6.45, 7) is 0. The number of hydrogen-bond donors (Lipinski definition) is 2. The van der Waals surface area contributed by atoms with E-state index in [1.807, 2.05) is 6.07 Å². The van der Waals surface area contributed by atoms with Crippen molar-refractivity contribution in [2.24, 2.45) is 0 Å². The Morgan fingerprint density at radius 1 is 1.15 bits per heavy atom. The van der Waals surface area contributed by atoms with Crippen LogP contribution in [0.1, 0.15) is 5.56 Å². The number of nitriles is 1. The normalized spacial score (nSPS) is 11.6. The van der Waals surface area contributed by atoms with Crippen LogP contribution in [0.25, 0.3) is 11.1 Å². The number of aromatic amines is 1. The van der Waals surface area contributed by atoms with E-state index in [9.17, 15) is 26.9 Å². The Labute approximate surface area is 193 Å². The molecule has 2 aromatic heterocycles. The van der Waals surface area contributed by atoms with Gasteiger partial charge < -0.3 is 9.47 Å². The summed E-state index contributed by atoms with van der Waals surface area (Å²) in [6, 6.07) is 8.78. The van der Waals surface area contributed by atoms with Crippen LogP contribution >= 0.6 is 11.5 Å². The number of hydrogen-bond acceptors (Lipinski definition) is 9. The molecule has 2 heterocycles. The molecule has 0 spiro atoms. The lowest BCUT2D eigenvalue weighted by Gasteiger charge is -2.15. The first kappa shape index (κ1) is 23.0. The van der Waals surface area contributed by atoms with Gasteiger partial charge in [0.05, 0.1) is 16.7 Å². The summed E-state index contributed by atoms with van der Waals surface area (Å²) >= 11 is 0.835. The van der Waals surface area contributed by atoms with Gasteiger partial charge in [0.2, 0.25) is 5.13 Å². The summed E-state index contributed by atoms with van der Waals surface area (Å²) < 4.78 is 78.7. The fraction of sp³-hybridized carbons (Fsp3) is 0.0526. The smallest absolute Gasteiger partial charge is 0.455 e. The minimum Gasteiger partial charge on any atom is -0.455 e. The third-order valence-corrected chi connectivity index (χ3v) is 6.22. The Bertz CT molecular complexity index is 1450. The maximum Gasteiger partial charge on any atom is 0.573 e. The van der Waals surface area contributed by atoms with Gasteiger partial charge in [0.15, 0.2) is 0 Å². The Hall–Kier alpha value is -4.16. The molecule has 15 heteroatoms. The first-order valence-corrected chi connectivity index (χ1v) is 11.3. The summed E-state index contributed by atoms with van der Waals surface area (Å²) in [7, 11) is -4.06. The van der Waals surface area contributed by atoms with Crippen LogP contribution < -0.4 is 14.2 Å². The standard InChI is InChI=1S/C19H11F3N6O4S2/c20-19(21,22)32-13-1-3-17(15(6-13)12-8-25-26-9-12)31-16-4-2-14(5-11(16)7-23)34(29,30)28-18-24-10-27-33-18/h1-6,8-10H,(H,25,26)(H,24,27,28). The zero-order valence-corrected chi connectivity index (χ0v) is 18.2. The number of aromatic nitrogens is 4. The topological polar surface area (TPSA) is 143 Å². The monoisotopic (exact) mass is 508 g/mol. The summed E-state index contributed by atoms with van der Waals surface area (Å²) in [6.07, 6.45) is -0.921. The van der Waals surface area contributed by atoms with Gasteiger partial charge in [0.1, 0.15) is 29.6 Å². The Morgan fingerprint density at radius 2 is 1.94 bits per heavy atom. The highest BCUT2D eigenvalue weighted by molar-refractivity contribution is 7.93. The minimum absolute atomic E-state index is 0.0217. The number of nitrogens with zero attached hydrogens (tertiary/aromatic N) is 4. The molecule has 4 rings (SSSR count). The van der Waals surface area contributed by atoms with E-state index in [1.54, 1.807) is 0 Å². The largest absolute Gasteiger partial charge is 0.573 e. The molecule has 0 bridgehead atoms. The molecule has 34 heavy (non-hydrogen) atoms. The van der Waals surface area contributed by atoms with Gasteiger partial charge in [-0.15, -0.1) is 13.2 Å². The number of anilines is 1. The molecule has 2 N–H and O–H groups in total. The molecule has 0 saturated heterocycles. The quantitative estimate of drug-likeness (QED) is 0.376. The van der Waals surface area contributed by atoms with Gasteiger partial charge >= 0.3 is 6.36 Å². The lowest BCUT2D eigenvalue weighted by atomic mass is 10.1. The van der Waals surface area contributed by atoms with Crippen LogP contribution in [0.2, 0.25) is 0 Å². The van der Waals surface area contributed by atoms with Crippen molar-refractivity contribution in [2.75, 3.05) is 4.72 Å². The molecular weight excluding hydrogens is 497 g/mol. The molecule has 4 aromatic rings. The van der Waals surface area contributed by atoms with Crippen LogP contribution in [-0.2, 0) is 10.0 Å². The van der Waals surface area contributed by atoms with Crippen LogP contribution in [0, 0.1) is 11.3 Å². The van der Waals surface area contributed by atoms with E-state index >= 15 is 0 Å². The average molecular weight is 508 g/mol. The maximum absolute atomic E-state index is 12.6. The molecule has 0 fully saturated rings. The number of nitrogens with one attached hydrogen (secondary N) is 2. The van der Waals surface area contributed by atoms with E-state index in [-0.39, 0.29) is 32.7 Å². The summed E-state index contributed by atoms with van der Waals surface area (Å²) in [5.41, 5.74) is 0.449. The second-order valence-electron chi connectivity index (χ2n) is 6.42. The van der Waals surface area contributed by atoms with Crippen molar-refractivity contribution < 1.29 is 31.1 Å². The van der Waals surface area contributed by atoms with Crippen molar-refractivity contribution in [1.82, 2.24) is 19.6 Å². The van der Waals surface area contributed by atoms with Crippen LogP contribution in [0.4, 0.5) is 18.3 Å². The number of ether oxygens (including phenoxy) is 2. The predicted octanol–water partition coefficient (Wildman–Crippen LogP) is 4.29. The van der Waals surface area contributed by atoms with E-state index in [4.69, 9.17) is 4.74 Å². The maximum atomic E-state index is 12.6. The van der Waals surface area contributed by atoms with Gasteiger partial charge in [-0.3, -0.25) is 9.82 Å². The van der Waals surface area contributed by atoms with Crippen molar-refractivity contribution in [3.8, 4) is 34.4 Å². The number of rotatable bonds is 7. The first-order valence-electron chi connectivity index (χ1n) is 9.05. The van der Waals surface area contributed by atoms with Gasteiger partial charge in [-0.2, -0.15) is 14.7 Å². The summed E-state index contributed by atoms with van der Waals surface area (Å²) in [4.78, 5) is 3.52. The lowest BCUT2D eigenvalue weighted by Crippen LogP contribution is -2.17. The molecule has 0 atom stereocenters. The number of H-pyrrole nitrogens is 1. The van der Waals surface area contributed by atoms with Gasteiger partial charge in [0.25, 0.3) is 10.0 Å². The number of alkyl halides is 3. The second-order valence-corrected chi connectivity index (χ2v) is 8.88. The fourth-order valence-electron chi connectivity index (χ4n) is 2.78. The molecule has 2 aromatic carbocycles. The van der Waals surface area contributed by atoms with Gasteiger partial charge in [-0.25, -0.2) is 13.4 Å². The molecule has 0 saturated carbocycles. The highest BCUT2D eigenvalue weighted by Crippen LogP contribution is 2.38. The molecule has 0 aliphatic rings. The first-order chi connectivity index (χ1) is 16.1. The van der Waals surface area contributed by atoms with Crippen LogP contribution in [0.5, 0.6) is 17.2 Å². The third-order valence-electron chi connectivity index (χ3n) is 4.18. The molecule has 0 radical (unpaired) electrons. The van der Waals surface area contributed by atoms with Crippen molar-refractivity contribution in [1.29, 1.82) is 5.26 Å². The minimum atomic E-state index is -4.89. The van der Waals surface area contributed by atoms with E-state index in [0.29, 0.717) is 5.56 Å². The molecular formula is C19H11F3N6O4S2. The third kappa shape index (κ3) is 5.24. The molecule has 0 unspecified atom stereocenters. The molecule has 0 amide bonds. The zero-order chi connectivity index (χ0) is 24.3. The van der Waals surface area contributed by atoms with Crippen LogP contribution in [-0.4, -0.2) is 34.3 Å². The van der Waals surface area contributed by atoms with Crippen LogP contribution in [0.3, 0.4) is 0 Å². The molecule has 0 aliphatic carbocycles. The summed E-state index contributed by atoms with van der Waals surface area (Å²) in [5.74, 6) is -0.428. The predicted molar refractivity (Wildman–Crippen MR) is 113 cm³/mol. The Morgan fingerprint density at radius 3 is 2.59 bits per heavy atom. The SMILES string of the molecule is N#Cc1cc(S(=O)(=O)Nc2ncns2)ccc1Oc1ccc(OC(F)(F)F)cc1-c1cn[nH]c1. The van der Waals surface area contributed by atoms with E-state index < -0.39 is 22.1 Å². The number of halogens is 3. The zero-order valence-electron chi connectivity index (χ0n) is 16.6. The van der Waals surface area contributed by atoms with E-state index in [0.717, 1.165) is 29.7 Å². The second kappa shape index (κ2) is 9.00. The number of benzene rings is 2. The Kier molecular flexibility index (Phi) is 6.09. The number of sulfonamides is 1. The molecule has 10 nitrogen and oxygen atoms in total. The van der Waals surface area contributed by atoms with E-state index in [2.05, 4.69) is 29.0 Å². The van der Waals surface area contributed by atoms with Crippen molar-refractivity contribution >= 4 is 26.7 Å². The van der Waals surface area contributed by atoms with Crippen LogP contribution in [0.15, 0.2) is 60.0 Å². The highest BCUT2D eigenvalue weighted by atomic mass is 32.2. The fourth-order valence-corrected chi connectivity index (χ4v) is 4.47. The highest BCUT2D eigenvalue weighted by Gasteiger charge is 2.31. The lowest BCUT2D eigenvalue weighted by molar-refractivity contribution is -0.274. The van der Waals surface area contributed by atoms with Crippen molar-refractivity contribution in [2.45, 2.75) is 11.3 Å². The van der Waals surface area contributed by atoms with Gasteiger partial charge in [-0.05, 0) is 36.4 Å². The molecule has 0 aliphatic heterocycles.